The summed E-state index contributed by atoms with van der Waals surface area (Å²) in [6.07, 6.45) is 5.33. The Morgan fingerprint density at radius 1 is 1.15 bits per heavy atom. The summed E-state index contributed by atoms with van der Waals surface area (Å²) >= 11 is 0. The van der Waals surface area contributed by atoms with E-state index in [0.717, 1.165) is 11.1 Å². The Labute approximate surface area is 115 Å². The fourth-order valence-corrected chi connectivity index (χ4v) is 1.87. The van der Waals surface area contributed by atoms with Gasteiger partial charge in [0.2, 0.25) is 0 Å². The van der Waals surface area contributed by atoms with Gasteiger partial charge in [0, 0.05) is 16.8 Å². The Morgan fingerprint density at radius 2 is 2.00 bits per heavy atom. The molecule has 3 aromatic rings. The number of aromatic nitrogens is 3. The molecule has 20 heavy (non-hydrogen) atoms. The summed E-state index contributed by atoms with van der Waals surface area (Å²) in [4.78, 5) is 12.2. The lowest BCUT2D eigenvalue weighted by Crippen LogP contribution is -2.11. The third kappa shape index (κ3) is 2.22. The summed E-state index contributed by atoms with van der Waals surface area (Å²) in [6.45, 7) is 0. The highest BCUT2D eigenvalue weighted by Gasteiger charge is 2.08. The second-order valence-corrected chi connectivity index (χ2v) is 4.21. The molecular formula is C15H10N4O. The number of nitrogens with zero attached hydrogens (tertiary/aromatic N) is 2. The van der Waals surface area contributed by atoms with E-state index >= 15 is 0 Å². The highest BCUT2D eigenvalue weighted by atomic mass is 16.1. The molecule has 96 valence electrons. The maximum Gasteiger partial charge on any atom is 0.255 e. The number of hydrogen-bond donors (Lipinski definition) is 2. The zero-order valence-electron chi connectivity index (χ0n) is 10.4. The van der Waals surface area contributed by atoms with Crippen LogP contribution in [0.1, 0.15) is 15.9 Å². The van der Waals surface area contributed by atoms with Crippen LogP contribution in [-0.4, -0.2) is 21.3 Å². The molecule has 0 bridgehead atoms. The molecule has 0 saturated carbocycles. The van der Waals surface area contributed by atoms with Crippen molar-refractivity contribution in [3.05, 3.63) is 53.6 Å². The summed E-state index contributed by atoms with van der Waals surface area (Å²) in [6, 6.07) is 12.2. The molecule has 1 aromatic heterocycles. The molecule has 5 heteroatoms. The van der Waals surface area contributed by atoms with Crippen molar-refractivity contribution in [2.75, 3.05) is 5.32 Å². The number of carbonyl (C=O) groups is 1. The van der Waals surface area contributed by atoms with Crippen molar-refractivity contribution in [2.24, 2.45) is 0 Å². The molecular weight excluding hydrogens is 252 g/mol. The van der Waals surface area contributed by atoms with Crippen molar-refractivity contribution < 1.29 is 4.79 Å². The Kier molecular flexibility index (Phi) is 2.90. The second-order valence-electron chi connectivity index (χ2n) is 4.21. The van der Waals surface area contributed by atoms with Gasteiger partial charge in [0.05, 0.1) is 0 Å². The van der Waals surface area contributed by atoms with E-state index in [-0.39, 0.29) is 5.91 Å². The molecule has 0 spiro atoms. The molecule has 1 amide bonds. The van der Waals surface area contributed by atoms with Gasteiger partial charge < -0.3 is 5.32 Å². The molecule has 0 fully saturated rings. The van der Waals surface area contributed by atoms with Gasteiger partial charge in [-0.1, -0.05) is 12.0 Å². The van der Waals surface area contributed by atoms with Crippen LogP contribution in [0.15, 0.2) is 42.5 Å². The summed E-state index contributed by atoms with van der Waals surface area (Å²) in [5.41, 5.74) is 3.25. The van der Waals surface area contributed by atoms with E-state index in [1.807, 2.05) is 0 Å². The van der Waals surface area contributed by atoms with Gasteiger partial charge in [0.25, 0.3) is 5.91 Å². The largest absolute Gasteiger partial charge is 0.322 e. The summed E-state index contributed by atoms with van der Waals surface area (Å²) in [5.74, 6) is 2.31. The third-order valence-corrected chi connectivity index (χ3v) is 2.87. The minimum atomic E-state index is -0.218. The van der Waals surface area contributed by atoms with Gasteiger partial charge in [-0.05, 0) is 36.4 Å². The van der Waals surface area contributed by atoms with E-state index in [1.165, 1.54) is 0 Å². The van der Waals surface area contributed by atoms with Crippen molar-refractivity contribution in [3.63, 3.8) is 0 Å². The van der Waals surface area contributed by atoms with Gasteiger partial charge in [-0.3, -0.25) is 4.79 Å². The van der Waals surface area contributed by atoms with Gasteiger partial charge in [0.1, 0.15) is 11.0 Å². The van der Waals surface area contributed by atoms with Gasteiger partial charge in [-0.2, -0.15) is 15.4 Å². The smallest absolute Gasteiger partial charge is 0.255 e. The van der Waals surface area contributed by atoms with Gasteiger partial charge >= 0.3 is 0 Å². The maximum absolute atomic E-state index is 12.2. The highest BCUT2D eigenvalue weighted by molar-refractivity contribution is 6.05. The number of carbonyl (C=O) groups excluding carboxylic acids is 1. The average molecular weight is 262 g/mol. The molecule has 0 atom stereocenters. The number of anilines is 1. The first kappa shape index (κ1) is 11.9. The topological polar surface area (TPSA) is 70.7 Å². The SMILES string of the molecule is C#Cc1cccc(NC(=O)c2ccc3n[nH]nc3c2)c1. The zero-order valence-corrected chi connectivity index (χ0v) is 10.4. The molecule has 1 heterocycles. The maximum atomic E-state index is 12.2. The number of H-pyrrole nitrogens is 1. The number of fused-ring (bicyclic) bond motifs is 1. The quantitative estimate of drug-likeness (QED) is 0.695. The van der Waals surface area contributed by atoms with E-state index in [4.69, 9.17) is 6.42 Å². The number of nitrogens with one attached hydrogen (secondary N) is 2. The summed E-state index contributed by atoms with van der Waals surface area (Å²) in [7, 11) is 0. The molecule has 2 aromatic carbocycles. The van der Waals surface area contributed by atoms with Crippen molar-refractivity contribution in [1.82, 2.24) is 15.4 Å². The number of rotatable bonds is 2. The average Bonchev–Trinajstić information content (AvgIpc) is 2.94. The van der Waals surface area contributed by atoms with Crippen LogP contribution in [0, 0.1) is 12.3 Å². The van der Waals surface area contributed by atoms with Crippen molar-refractivity contribution >= 4 is 22.6 Å². The lowest BCUT2D eigenvalue weighted by Gasteiger charge is -2.05. The van der Waals surface area contributed by atoms with Crippen LogP contribution in [0.2, 0.25) is 0 Å². The number of terminal acetylenes is 1. The van der Waals surface area contributed by atoms with Gasteiger partial charge in [0.15, 0.2) is 0 Å². The van der Waals surface area contributed by atoms with Gasteiger partial charge in [-0.15, -0.1) is 6.42 Å². The molecule has 0 radical (unpaired) electrons. The summed E-state index contributed by atoms with van der Waals surface area (Å²) in [5, 5.41) is 13.2. The van der Waals surface area contributed by atoms with Crippen molar-refractivity contribution in [1.29, 1.82) is 0 Å². The number of benzene rings is 2. The van der Waals surface area contributed by atoms with E-state index in [0.29, 0.717) is 16.8 Å². The zero-order chi connectivity index (χ0) is 13.9. The Bertz CT molecular complexity index is 829. The highest BCUT2D eigenvalue weighted by Crippen LogP contribution is 2.14. The fraction of sp³-hybridized carbons (Fsp3) is 0. The molecule has 5 nitrogen and oxygen atoms in total. The molecule has 0 aliphatic carbocycles. The molecule has 0 saturated heterocycles. The number of aromatic amines is 1. The van der Waals surface area contributed by atoms with Crippen LogP contribution < -0.4 is 5.32 Å². The summed E-state index contributed by atoms with van der Waals surface area (Å²) < 4.78 is 0. The Morgan fingerprint density at radius 3 is 2.85 bits per heavy atom. The predicted molar refractivity (Wildman–Crippen MR) is 76.2 cm³/mol. The predicted octanol–water partition coefficient (Wildman–Crippen LogP) is 2.19. The van der Waals surface area contributed by atoms with Gasteiger partial charge in [-0.25, -0.2) is 0 Å². The number of hydrogen-bond acceptors (Lipinski definition) is 3. The van der Waals surface area contributed by atoms with Crippen LogP contribution >= 0.6 is 0 Å². The molecule has 2 N–H and O–H groups in total. The molecule has 0 aliphatic rings. The Hall–Kier alpha value is -3.13. The monoisotopic (exact) mass is 262 g/mol. The second kappa shape index (κ2) is 4.86. The minimum absolute atomic E-state index is 0.218. The first-order valence-corrected chi connectivity index (χ1v) is 5.95. The standard InChI is InChI=1S/C15H10N4O/c1-2-10-4-3-5-12(8-10)16-15(20)11-6-7-13-14(9-11)18-19-17-13/h1,3-9H,(H,16,20)(H,17,18,19). The van der Waals surface area contributed by atoms with Crippen LogP contribution in [0.3, 0.4) is 0 Å². The van der Waals surface area contributed by atoms with E-state index in [1.54, 1.807) is 42.5 Å². The lowest BCUT2D eigenvalue weighted by atomic mass is 10.1. The first-order valence-electron chi connectivity index (χ1n) is 5.95. The van der Waals surface area contributed by atoms with Crippen LogP contribution in [0.25, 0.3) is 11.0 Å². The van der Waals surface area contributed by atoms with E-state index in [2.05, 4.69) is 26.6 Å². The Balaban J connectivity index is 1.86. The van der Waals surface area contributed by atoms with E-state index in [9.17, 15) is 4.79 Å². The third-order valence-electron chi connectivity index (χ3n) is 2.87. The normalized spacial score (nSPS) is 10.2. The van der Waals surface area contributed by atoms with Crippen LogP contribution in [-0.2, 0) is 0 Å². The fourth-order valence-electron chi connectivity index (χ4n) is 1.87. The van der Waals surface area contributed by atoms with Crippen LogP contribution in [0.5, 0.6) is 0 Å². The van der Waals surface area contributed by atoms with Crippen LogP contribution in [0.4, 0.5) is 5.69 Å². The molecule has 0 unspecified atom stereocenters. The van der Waals surface area contributed by atoms with Crippen molar-refractivity contribution in [3.8, 4) is 12.3 Å². The van der Waals surface area contributed by atoms with Crippen molar-refractivity contribution in [2.45, 2.75) is 0 Å². The molecule has 3 rings (SSSR count). The number of amides is 1. The minimum Gasteiger partial charge on any atom is -0.322 e. The first-order chi connectivity index (χ1) is 9.76. The molecule has 0 aliphatic heterocycles. The van der Waals surface area contributed by atoms with E-state index < -0.39 is 0 Å². The lowest BCUT2D eigenvalue weighted by molar-refractivity contribution is 0.102.